The highest BCUT2D eigenvalue weighted by Crippen LogP contribution is 2.11. The van der Waals surface area contributed by atoms with Gasteiger partial charge in [-0.25, -0.2) is 4.98 Å². The number of carboxylic acid groups (broad SMARTS) is 1. The lowest BCUT2D eigenvalue weighted by molar-refractivity contribution is -0.137. The number of nitrogens with two attached hydrogens (primary N) is 2. The molecule has 1 unspecified atom stereocenters. The average molecular weight is 272 g/mol. The van der Waals surface area contributed by atoms with E-state index in [1.807, 2.05) is 0 Å². The van der Waals surface area contributed by atoms with Crippen LogP contribution in [0.15, 0.2) is 5.38 Å². The number of aromatic nitrogens is 1. The lowest BCUT2D eigenvalue weighted by atomic mass is 10.2. The highest BCUT2D eigenvalue weighted by atomic mass is 32.1. The van der Waals surface area contributed by atoms with Gasteiger partial charge in [0.25, 0.3) is 0 Å². The molecule has 0 aromatic carbocycles. The fourth-order valence-electron chi connectivity index (χ4n) is 1.37. The number of carboxylic acids is 1. The third kappa shape index (κ3) is 5.60. The Morgan fingerprint density at radius 3 is 2.83 bits per heavy atom. The van der Waals surface area contributed by atoms with Crippen LogP contribution in [-0.2, 0) is 16.0 Å². The molecule has 0 fully saturated rings. The number of nitrogens with zero attached hydrogens (tertiary/aromatic N) is 1. The Kier molecular flexibility index (Phi) is 5.53. The van der Waals surface area contributed by atoms with Crippen molar-refractivity contribution < 1.29 is 14.7 Å². The summed E-state index contributed by atoms with van der Waals surface area (Å²) in [4.78, 5) is 25.8. The molecule has 1 aromatic rings. The fourth-order valence-corrected chi connectivity index (χ4v) is 1.93. The van der Waals surface area contributed by atoms with Crippen molar-refractivity contribution in [3.8, 4) is 0 Å². The Morgan fingerprint density at radius 1 is 1.56 bits per heavy atom. The summed E-state index contributed by atoms with van der Waals surface area (Å²) >= 11 is 1.27. The number of nitrogens with one attached hydrogen (secondary N) is 1. The second kappa shape index (κ2) is 6.92. The third-order valence-corrected chi connectivity index (χ3v) is 2.89. The number of aliphatic carboxylic acids is 1. The topological polar surface area (TPSA) is 131 Å². The summed E-state index contributed by atoms with van der Waals surface area (Å²) in [7, 11) is 0. The number of anilines is 1. The van der Waals surface area contributed by atoms with Crippen LogP contribution in [0.2, 0.25) is 0 Å². The highest BCUT2D eigenvalue weighted by molar-refractivity contribution is 7.13. The normalized spacial score (nSPS) is 12.1. The molecule has 0 saturated heterocycles. The maximum atomic E-state index is 11.5. The van der Waals surface area contributed by atoms with Gasteiger partial charge in [-0.2, -0.15) is 0 Å². The minimum atomic E-state index is -0.869. The van der Waals surface area contributed by atoms with Gasteiger partial charge in [0, 0.05) is 11.8 Å². The molecule has 0 saturated carbocycles. The highest BCUT2D eigenvalue weighted by Gasteiger charge is 2.10. The van der Waals surface area contributed by atoms with E-state index >= 15 is 0 Å². The van der Waals surface area contributed by atoms with Crippen LogP contribution in [0, 0.1) is 0 Å². The van der Waals surface area contributed by atoms with Gasteiger partial charge in [-0.05, 0) is 12.8 Å². The molecule has 0 bridgehead atoms. The van der Waals surface area contributed by atoms with E-state index in [2.05, 4.69) is 10.3 Å². The molecule has 0 aliphatic carbocycles. The number of hydrogen-bond acceptors (Lipinski definition) is 6. The molecule has 1 aromatic heterocycles. The number of carbonyl (C=O) groups excluding carboxylic acids is 1. The summed E-state index contributed by atoms with van der Waals surface area (Å²) in [5.41, 5.74) is 11.7. The van der Waals surface area contributed by atoms with E-state index in [0.717, 1.165) is 0 Å². The van der Waals surface area contributed by atoms with Crippen LogP contribution in [-0.4, -0.2) is 28.1 Å². The molecule has 7 nitrogen and oxygen atoms in total. The predicted octanol–water partition coefficient (Wildman–Crippen LogP) is -0.0763. The van der Waals surface area contributed by atoms with Crippen LogP contribution < -0.4 is 16.8 Å². The minimum absolute atomic E-state index is 0.0478. The van der Waals surface area contributed by atoms with E-state index in [9.17, 15) is 9.59 Å². The van der Waals surface area contributed by atoms with E-state index < -0.39 is 12.1 Å². The van der Waals surface area contributed by atoms with E-state index in [1.54, 1.807) is 5.38 Å². The van der Waals surface area contributed by atoms with Crippen molar-refractivity contribution in [1.82, 2.24) is 10.3 Å². The first-order valence-electron chi connectivity index (χ1n) is 5.44. The first-order valence-corrected chi connectivity index (χ1v) is 6.32. The maximum Gasteiger partial charge on any atom is 0.303 e. The van der Waals surface area contributed by atoms with Crippen molar-refractivity contribution in [3.63, 3.8) is 0 Å². The van der Waals surface area contributed by atoms with Gasteiger partial charge < -0.3 is 21.9 Å². The summed E-state index contributed by atoms with van der Waals surface area (Å²) < 4.78 is 0. The zero-order chi connectivity index (χ0) is 13.5. The van der Waals surface area contributed by atoms with Gasteiger partial charge in [-0.1, -0.05) is 0 Å². The molecular formula is C10H16N4O3S. The largest absolute Gasteiger partial charge is 0.481 e. The van der Waals surface area contributed by atoms with Gasteiger partial charge in [-0.15, -0.1) is 11.3 Å². The fraction of sp³-hybridized carbons (Fsp3) is 0.500. The van der Waals surface area contributed by atoms with Crippen molar-refractivity contribution in [3.05, 3.63) is 11.1 Å². The first-order chi connectivity index (χ1) is 8.47. The van der Waals surface area contributed by atoms with Crippen LogP contribution >= 0.6 is 11.3 Å². The summed E-state index contributed by atoms with van der Waals surface area (Å²) in [6.07, 6.45) is 0.498. The monoisotopic (exact) mass is 272 g/mol. The SMILES string of the molecule is Nc1nc(CC(=O)NC(N)CCCC(=O)O)cs1. The molecule has 100 valence electrons. The second-order valence-electron chi connectivity index (χ2n) is 3.81. The van der Waals surface area contributed by atoms with E-state index in [0.29, 0.717) is 23.7 Å². The molecule has 6 N–H and O–H groups in total. The van der Waals surface area contributed by atoms with Gasteiger partial charge >= 0.3 is 5.97 Å². The first kappa shape index (κ1) is 14.4. The standard InChI is InChI=1S/C10H16N4O3S/c11-7(2-1-3-9(16)17)14-8(15)4-6-5-18-10(12)13-6/h5,7H,1-4,11H2,(H2,12,13)(H,14,15)(H,16,17). The van der Waals surface area contributed by atoms with Crippen molar-refractivity contribution in [2.24, 2.45) is 5.73 Å². The number of amides is 1. The van der Waals surface area contributed by atoms with Crippen molar-refractivity contribution >= 4 is 28.3 Å². The van der Waals surface area contributed by atoms with Crippen molar-refractivity contribution in [2.75, 3.05) is 5.73 Å². The van der Waals surface area contributed by atoms with Crippen molar-refractivity contribution in [1.29, 1.82) is 0 Å². The maximum absolute atomic E-state index is 11.5. The predicted molar refractivity (Wildman–Crippen MR) is 67.8 cm³/mol. The van der Waals surface area contributed by atoms with Crippen LogP contribution in [0.4, 0.5) is 5.13 Å². The molecule has 8 heteroatoms. The quantitative estimate of drug-likeness (QED) is 0.513. The lowest BCUT2D eigenvalue weighted by Gasteiger charge is -2.12. The molecule has 0 aliphatic rings. The van der Waals surface area contributed by atoms with Gasteiger partial charge in [0.15, 0.2) is 5.13 Å². The Hall–Kier alpha value is -1.67. The second-order valence-corrected chi connectivity index (χ2v) is 4.70. The molecule has 1 heterocycles. The van der Waals surface area contributed by atoms with Gasteiger partial charge in [-0.3, -0.25) is 9.59 Å². The Labute approximate surface area is 108 Å². The van der Waals surface area contributed by atoms with Crippen LogP contribution in [0.25, 0.3) is 0 Å². The van der Waals surface area contributed by atoms with Gasteiger partial charge in [0.1, 0.15) is 0 Å². The van der Waals surface area contributed by atoms with E-state index in [-0.39, 0.29) is 18.7 Å². The molecule has 0 spiro atoms. The smallest absolute Gasteiger partial charge is 0.303 e. The number of thiazole rings is 1. The van der Waals surface area contributed by atoms with Gasteiger partial charge in [0.2, 0.25) is 5.91 Å². The Morgan fingerprint density at radius 2 is 2.28 bits per heavy atom. The van der Waals surface area contributed by atoms with Gasteiger partial charge in [0.05, 0.1) is 18.3 Å². The molecule has 1 atom stereocenters. The Bertz CT molecular complexity index is 421. The van der Waals surface area contributed by atoms with E-state index in [1.165, 1.54) is 11.3 Å². The van der Waals surface area contributed by atoms with E-state index in [4.69, 9.17) is 16.6 Å². The number of nitrogen functional groups attached to an aromatic ring is 1. The number of rotatable bonds is 7. The number of carbonyl (C=O) groups is 2. The Balaban J connectivity index is 2.25. The molecular weight excluding hydrogens is 256 g/mol. The van der Waals surface area contributed by atoms with Crippen LogP contribution in [0.3, 0.4) is 0 Å². The molecule has 0 aliphatic heterocycles. The summed E-state index contributed by atoms with van der Waals surface area (Å²) in [5, 5.41) is 13.2. The molecule has 0 radical (unpaired) electrons. The summed E-state index contributed by atoms with van der Waals surface area (Å²) in [6, 6.07) is 0. The summed E-state index contributed by atoms with van der Waals surface area (Å²) in [6.45, 7) is 0. The lowest BCUT2D eigenvalue weighted by Crippen LogP contribution is -2.42. The number of hydrogen-bond donors (Lipinski definition) is 4. The molecule has 1 rings (SSSR count). The van der Waals surface area contributed by atoms with Crippen LogP contribution in [0.5, 0.6) is 0 Å². The molecule has 1 amide bonds. The van der Waals surface area contributed by atoms with Crippen LogP contribution in [0.1, 0.15) is 25.0 Å². The van der Waals surface area contributed by atoms with Crippen molar-refractivity contribution in [2.45, 2.75) is 31.8 Å². The third-order valence-electron chi connectivity index (χ3n) is 2.16. The summed E-state index contributed by atoms with van der Waals surface area (Å²) in [5.74, 6) is -1.12. The molecule has 18 heavy (non-hydrogen) atoms. The zero-order valence-electron chi connectivity index (χ0n) is 9.76. The average Bonchev–Trinajstić information content (AvgIpc) is 2.62. The zero-order valence-corrected chi connectivity index (χ0v) is 10.6. The minimum Gasteiger partial charge on any atom is -0.481 e.